The molecule has 0 aliphatic heterocycles. The molecule has 1 aromatic carbocycles. The van der Waals surface area contributed by atoms with Gasteiger partial charge < -0.3 is 0 Å². The van der Waals surface area contributed by atoms with Gasteiger partial charge in [-0.3, -0.25) is 20.2 Å². The molecule has 1 aromatic heterocycles. The van der Waals surface area contributed by atoms with Crippen LogP contribution in [-0.4, -0.2) is 9.85 Å². The Kier molecular flexibility index (Phi) is 3.58. The summed E-state index contributed by atoms with van der Waals surface area (Å²) in [6.45, 7) is 0. The fraction of sp³-hybridized carbons (Fsp3) is 0. The molecule has 0 aliphatic carbocycles. The molecule has 8 heteroatoms. The van der Waals surface area contributed by atoms with E-state index in [4.69, 9.17) is 0 Å². The van der Waals surface area contributed by atoms with Crippen molar-refractivity contribution in [1.82, 2.24) is 0 Å². The molecule has 0 saturated carbocycles. The summed E-state index contributed by atoms with van der Waals surface area (Å²) >= 11 is 2.49. The molecule has 6 nitrogen and oxygen atoms in total. The number of hydrogen-bond donors (Lipinski definition) is 0. The number of benzene rings is 1. The molecule has 0 aliphatic rings. The summed E-state index contributed by atoms with van der Waals surface area (Å²) in [6, 6.07) is 7.35. The maximum atomic E-state index is 10.7. The van der Waals surface area contributed by atoms with Gasteiger partial charge in [0.05, 0.1) is 9.85 Å². The zero-order valence-electron chi connectivity index (χ0n) is 8.81. The highest BCUT2D eigenvalue weighted by molar-refractivity contribution is 8.01. The van der Waals surface area contributed by atoms with Crippen LogP contribution in [0, 0.1) is 20.2 Å². The van der Waals surface area contributed by atoms with Gasteiger partial charge in [-0.25, -0.2) is 0 Å². The SMILES string of the molecule is O=[N+]([O-])c1ccc(Sc2sccc2[N+](=O)[O-])cc1. The Balaban J connectivity index is 2.21. The second-order valence-electron chi connectivity index (χ2n) is 3.20. The number of thiophene rings is 1. The van der Waals surface area contributed by atoms with E-state index in [0.29, 0.717) is 4.21 Å². The normalized spacial score (nSPS) is 10.2. The van der Waals surface area contributed by atoms with E-state index in [1.165, 1.54) is 41.3 Å². The molecule has 18 heavy (non-hydrogen) atoms. The Morgan fingerprint density at radius 2 is 1.67 bits per heavy atom. The molecule has 0 amide bonds. The zero-order chi connectivity index (χ0) is 13.1. The van der Waals surface area contributed by atoms with E-state index in [9.17, 15) is 20.2 Å². The molecule has 0 bridgehead atoms. The maximum absolute atomic E-state index is 10.7. The van der Waals surface area contributed by atoms with Gasteiger partial charge in [0, 0.05) is 23.1 Å². The Labute approximate surface area is 110 Å². The van der Waals surface area contributed by atoms with E-state index < -0.39 is 9.85 Å². The van der Waals surface area contributed by atoms with Gasteiger partial charge in [0.1, 0.15) is 4.21 Å². The highest BCUT2D eigenvalue weighted by atomic mass is 32.2. The van der Waals surface area contributed by atoms with Crippen LogP contribution in [0.4, 0.5) is 11.4 Å². The molecule has 0 saturated heterocycles. The molecule has 2 rings (SSSR count). The summed E-state index contributed by atoms with van der Waals surface area (Å²) in [5.41, 5.74) is 0.0587. The summed E-state index contributed by atoms with van der Waals surface area (Å²) in [7, 11) is 0. The average molecular weight is 282 g/mol. The molecule has 0 atom stereocenters. The van der Waals surface area contributed by atoms with Crippen molar-refractivity contribution in [1.29, 1.82) is 0 Å². The molecule has 0 N–H and O–H groups in total. The van der Waals surface area contributed by atoms with Crippen LogP contribution in [0.3, 0.4) is 0 Å². The molecular formula is C10H6N2O4S2. The fourth-order valence-electron chi connectivity index (χ4n) is 1.24. The molecule has 1 heterocycles. The van der Waals surface area contributed by atoms with Crippen molar-refractivity contribution in [3.63, 3.8) is 0 Å². The van der Waals surface area contributed by atoms with Gasteiger partial charge in [-0.05, 0) is 17.5 Å². The molecule has 0 radical (unpaired) electrons. The molecule has 0 fully saturated rings. The zero-order valence-corrected chi connectivity index (χ0v) is 10.4. The smallest absolute Gasteiger partial charge is 0.258 e. The van der Waals surface area contributed by atoms with E-state index in [1.54, 1.807) is 17.5 Å². The van der Waals surface area contributed by atoms with Crippen molar-refractivity contribution < 1.29 is 9.85 Å². The van der Waals surface area contributed by atoms with Crippen LogP contribution in [-0.2, 0) is 0 Å². The van der Waals surface area contributed by atoms with E-state index in [0.717, 1.165) is 4.90 Å². The summed E-state index contributed by atoms with van der Waals surface area (Å²) in [4.78, 5) is 21.0. The van der Waals surface area contributed by atoms with Crippen LogP contribution in [0.2, 0.25) is 0 Å². The number of non-ortho nitro benzene ring substituents is 1. The number of rotatable bonds is 4. The lowest BCUT2D eigenvalue weighted by atomic mass is 10.3. The van der Waals surface area contributed by atoms with Gasteiger partial charge in [-0.15, -0.1) is 11.3 Å². The first kappa shape index (κ1) is 12.5. The van der Waals surface area contributed by atoms with Crippen molar-refractivity contribution in [3.05, 3.63) is 55.9 Å². The molecular weight excluding hydrogens is 276 g/mol. The fourth-order valence-corrected chi connectivity index (χ4v) is 3.21. The summed E-state index contributed by atoms with van der Waals surface area (Å²) < 4.78 is 0.564. The lowest BCUT2D eigenvalue weighted by molar-refractivity contribution is -0.387. The second kappa shape index (κ2) is 5.15. The molecule has 0 unspecified atom stereocenters. The first-order valence-electron chi connectivity index (χ1n) is 4.72. The highest BCUT2D eigenvalue weighted by Gasteiger charge is 2.16. The van der Waals surface area contributed by atoms with Crippen LogP contribution in [0.5, 0.6) is 0 Å². The monoisotopic (exact) mass is 282 g/mol. The van der Waals surface area contributed by atoms with Crippen molar-refractivity contribution in [2.75, 3.05) is 0 Å². The van der Waals surface area contributed by atoms with Crippen molar-refractivity contribution >= 4 is 34.5 Å². The van der Waals surface area contributed by atoms with Crippen molar-refractivity contribution in [2.24, 2.45) is 0 Å². The van der Waals surface area contributed by atoms with Gasteiger partial charge in [0.2, 0.25) is 0 Å². The van der Waals surface area contributed by atoms with Crippen LogP contribution < -0.4 is 0 Å². The van der Waals surface area contributed by atoms with E-state index >= 15 is 0 Å². The van der Waals surface area contributed by atoms with Crippen LogP contribution in [0.1, 0.15) is 0 Å². The lowest BCUT2D eigenvalue weighted by Crippen LogP contribution is -1.87. The van der Waals surface area contributed by atoms with Gasteiger partial charge in [-0.1, -0.05) is 11.8 Å². The summed E-state index contributed by atoms with van der Waals surface area (Å²) in [5, 5.41) is 22.9. The third kappa shape index (κ3) is 2.66. The highest BCUT2D eigenvalue weighted by Crippen LogP contribution is 2.39. The lowest BCUT2D eigenvalue weighted by Gasteiger charge is -1.98. The molecule has 0 spiro atoms. The Morgan fingerprint density at radius 1 is 1.00 bits per heavy atom. The number of nitrogens with zero attached hydrogens (tertiary/aromatic N) is 2. The minimum atomic E-state index is -0.484. The van der Waals surface area contributed by atoms with E-state index in [1.807, 2.05) is 0 Å². The average Bonchev–Trinajstić information content (AvgIpc) is 2.78. The minimum absolute atomic E-state index is 0.0000271. The predicted molar refractivity (Wildman–Crippen MR) is 68.2 cm³/mol. The van der Waals surface area contributed by atoms with Crippen molar-refractivity contribution in [2.45, 2.75) is 9.10 Å². The predicted octanol–water partition coefficient (Wildman–Crippen LogP) is 3.72. The standard InChI is InChI=1S/C10H6N2O4S2/c13-11(14)7-1-3-8(4-2-7)18-10-9(12(15)16)5-6-17-10/h1-6H. The van der Waals surface area contributed by atoms with Gasteiger partial charge in [0.15, 0.2) is 0 Å². The topological polar surface area (TPSA) is 86.3 Å². The Bertz CT molecular complexity index is 594. The summed E-state index contributed by atoms with van der Waals surface area (Å²) in [5.74, 6) is 0. The maximum Gasteiger partial charge on any atom is 0.294 e. The van der Waals surface area contributed by atoms with Crippen LogP contribution in [0.15, 0.2) is 44.8 Å². The van der Waals surface area contributed by atoms with Gasteiger partial charge in [-0.2, -0.15) is 0 Å². The first-order chi connectivity index (χ1) is 8.58. The van der Waals surface area contributed by atoms with Crippen molar-refractivity contribution in [3.8, 4) is 0 Å². The number of nitro groups is 2. The third-order valence-electron chi connectivity index (χ3n) is 2.06. The van der Waals surface area contributed by atoms with Crippen LogP contribution in [0.25, 0.3) is 0 Å². The van der Waals surface area contributed by atoms with E-state index in [2.05, 4.69) is 0 Å². The Hall–Kier alpha value is -1.93. The molecule has 2 aromatic rings. The number of hydrogen-bond acceptors (Lipinski definition) is 6. The van der Waals surface area contributed by atoms with Gasteiger partial charge >= 0.3 is 0 Å². The largest absolute Gasteiger partial charge is 0.294 e. The summed E-state index contributed by atoms with van der Waals surface area (Å²) in [6.07, 6.45) is 0. The van der Waals surface area contributed by atoms with Gasteiger partial charge in [0.25, 0.3) is 11.4 Å². The third-order valence-corrected chi connectivity index (χ3v) is 4.20. The molecule has 92 valence electrons. The quantitative estimate of drug-likeness (QED) is 0.630. The first-order valence-corrected chi connectivity index (χ1v) is 6.42. The minimum Gasteiger partial charge on any atom is -0.258 e. The number of nitro benzene ring substituents is 1. The van der Waals surface area contributed by atoms with Crippen LogP contribution >= 0.6 is 23.1 Å². The second-order valence-corrected chi connectivity index (χ2v) is 5.46. The van der Waals surface area contributed by atoms with E-state index in [-0.39, 0.29) is 11.4 Å². The Morgan fingerprint density at radius 3 is 2.22 bits per heavy atom.